The van der Waals surface area contributed by atoms with E-state index < -0.39 is 4.92 Å². The van der Waals surface area contributed by atoms with Crippen LogP contribution in [0.5, 0.6) is 5.75 Å². The summed E-state index contributed by atoms with van der Waals surface area (Å²) in [5.74, 6) is 0.672. The number of ether oxygens (including phenoxy) is 1. The monoisotopic (exact) mass is 253 g/mol. The highest BCUT2D eigenvalue weighted by Gasteiger charge is 2.16. The maximum atomic E-state index is 10.9. The quantitative estimate of drug-likeness (QED) is 0.599. The molecular formula is C13H19NO4. The maximum Gasteiger partial charge on any atom is 0.311 e. The molecule has 0 aromatic heterocycles. The molecule has 18 heavy (non-hydrogen) atoms. The predicted octanol–water partition coefficient (Wildman–Crippen LogP) is 2.90. The molecule has 0 aliphatic rings. The Hall–Kier alpha value is -1.62. The molecule has 0 unspecified atom stereocenters. The van der Waals surface area contributed by atoms with E-state index in [4.69, 9.17) is 9.84 Å². The minimum absolute atomic E-state index is 0.0903. The Kier molecular flexibility index (Phi) is 5.58. The van der Waals surface area contributed by atoms with Crippen LogP contribution in [0.3, 0.4) is 0 Å². The van der Waals surface area contributed by atoms with Crippen LogP contribution in [0.1, 0.15) is 32.3 Å². The summed E-state index contributed by atoms with van der Waals surface area (Å²) in [4.78, 5) is 10.4. The molecule has 0 heterocycles. The van der Waals surface area contributed by atoms with Crippen molar-refractivity contribution in [2.75, 3.05) is 6.61 Å². The summed E-state index contributed by atoms with van der Waals surface area (Å²) in [5, 5.41) is 19.9. The van der Waals surface area contributed by atoms with Crippen molar-refractivity contribution in [1.82, 2.24) is 0 Å². The first kappa shape index (κ1) is 14.4. The van der Waals surface area contributed by atoms with Crippen LogP contribution in [0.2, 0.25) is 0 Å². The second-order valence-corrected chi connectivity index (χ2v) is 4.21. The lowest BCUT2D eigenvalue weighted by Crippen LogP contribution is -2.11. The topological polar surface area (TPSA) is 72.6 Å². The van der Waals surface area contributed by atoms with E-state index in [0.29, 0.717) is 18.1 Å². The molecule has 1 rings (SSSR count). The zero-order valence-corrected chi connectivity index (χ0v) is 10.8. The number of hydrogen-bond donors (Lipinski definition) is 1. The highest BCUT2D eigenvalue weighted by atomic mass is 16.6. The molecule has 1 N–H and O–H groups in total. The third-order valence-electron chi connectivity index (χ3n) is 3.03. The van der Waals surface area contributed by atoms with Gasteiger partial charge in [0, 0.05) is 6.07 Å². The van der Waals surface area contributed by atoms with E-state index in [1.165, 1.54) is 6.07 Å². The lowest BCUT2D eigenvalue weighted by atomic mass is 10.1. The Morgan fingerprint density at radius 3 is 2.56 bits per heavy atom. The second kappa shape index (κ2) is 6.96. The van der Waals surface area contributed by atoms with E-state index in [0.717, 1.165) is 12.8 Å². The molecule has 0 bridgehead atoms. The van der Waals surface area contributed by atoms with Crippen molar-refractivity contribution >= 4 is 5.69 Å². The summed E-state index contributed by atoms with van der Waals surface area (Å²) in [6, 6.07) is 4.53. The molecule has 0 spiro atoms. The summed E-state index contributed by atoms with van der Waals surface area (Å²) >= 11 is 0. The Balaban J connectivity index is 2.84. The van der Waals surface area contributed by atoms with Crippen LogP contribution in [0.25, 0.3) is 0 Å². The number of nitro benzene ring substituents is 1. The number of benzene rings is 1. The number of nitrogens with zero attached hydrogens (tertiary/aromatic N) is 1. The van der Waals surface area contributed by atoms with Gasteiger partial charge in [0.05, 0.1) is 18.1 Å². The first-order chi connectivity index (χ1) is 8.62. The maximum absolute atomic E-state index is 10.9. The normalized spacial score (nSPS) is 10.7. The lowest BCUT2D eigenvalue weighted by Gasteiger charge is -2.14. The van der Waals surface area contributed by atoms with Crippen molar-refractivity contribution in [3.8, 4) is 5.75 Å². The van der Waals surface area contributed by atoms with Gasteiger partial charge in [0.15, 0.2) is 5.75 Å². The SMILES string of the molecule is CCC(CC)COc1ccc(CO)cc1[N+](=O)[O-]. The molecule has 0 atom stereocenters. The van der Waals surface area contributed by atoms with Crippen molar-refractivity contribution in [2.45, 2.75) is 33.3 Å². The van der Waals surface area contributed by atoms with Crippen LogP contribution in [0.4, 0.5) is 5.69 Å². The molecule has 0 saturated heterocycles. The minimum Gasteiger partial charge on any atom is -0.487 e. The smallest absolute Gasteiger partial charge is 0.311 e. The van der Waals surface area contributed by atoms with Gasteiger partial charge < -0.3 is 9.84 Å². The van der Waals surface area contributed by atoms with E-state index in [1.54, 1.807) is 12.1 Å². The van der Waals surface area contributed by atoms with Gasteiger partial charge in [-0.3, -0.25) is 10.1 Å². The van der Waals surface area contributed by atoms with Gasteiger partial charge in [-0.15, -0.1) is 0 Å². The van der Waals surface area contributed by atoms with Crippen molar-refractivity contribution in [3.05, 3.63) is 33.9 Å². The van der Waals surface area contributed by atoms with E-state index in [9.17, 15) is 10.1 Å². The molecule has 0 radical (unpaired) electrons. The van der Waals surface area contributed by atoms with Crippen molar-refractivity contribution in [1.29, 1.82) is 0 Å². The van der Waals surface area contributed by atoms with E-state index >= 15 is 0 Å². The average Bonchev–Trinajstić information content (AvgIpc) is 2.39. The molecule has 1 aromatic carbocycles. The Morgan fingerprint density at radius 2 is 2.06 bits per heavy atom. The molecule has 5 nitrogen and oxygen atoms in total. The van der Waals surface area contributed by atoms with E-state index in [1.807, 2.05) is 0 Å². The van der Waals surface area contributed by atoms with Gasteiger partial charge in [-0.05, 0) is 17.5 Å². The number of nitro groups is 1. The largest absolute Gasteiger partial charge is 0.487 e. The van der Waals surface area contributed by atoms with Gasteiger partial charge in [-0.1, -0.05) is 32.8 Å². The van der Waals surface area contributed by atoms with E-state index in [-0.39, 0.29) is 18.0 Å². The molecule has 100 valence electrons. The zero-order valence-electron chi connectivity index (χ0n) is 10.8. The predicted molar refractivity (Wildman–Crippen MR) is 68.6 cm³/mol. The molecule has 0 aliphatic carbocycles. The van der Waals surface area contributed by atoms with Crippen molar-refractivity contribution in [2.24, 2.45) is 5.92 Å². The molecule has 0 saturated carbocycles. The van der Waals surface area contributed by atoms with Crippen LogP contribution in [-0.4, -0.2) is 16.6 Å². The average molecular weight is 253 g/mol. The highest BCUT2D eigenvalue weighted by Crippen LogP contribution is 2.28. The van der Waals surface area contributed by atoms with Gasteiger partial charge in [0.1, 0.15) is 0 Å². The molecule has 1 aromatic rings. The van der Waals surface area contributed by atoms with Gasteiger partial charge >= 0.3 is 5.69 Å². The van der Waals surface area contributed by atoms with Gasteiger partial charge in [-0.2, -0.15) is 0 Å². The summed E-state index contributed by atoms with van der Waals surface area (Å²) in [6.45, 7) is 4.40. The van der Waals surface area contributed by atoms with E-state index in [2.05, 4.69) is 13.8 Å². The molecule has 0 aliphatic heterocycles. The Bertz CT molecular complexity index is 402. The van der Waals surface area contributed by atoms with Gasteiger partial charge in [0.2, 0.25) is 0 Å². The summed E-state index contributed by atoms with van der Waals surface area (Å²) in [6.07, 6.45) is 1.97. The fourth-order valence-corrected chi connectivity index (χ4v) is 1.66. The van der Waals surface area contributed by atoms with Crippen LogP contribution in [0.15, 0.2) is 18.2 Å². The number of aliphatic hydroxyl groups excluding tert-OH is 1. The standard InChI is InChI=1S/C13H19NO4/c1-3-10(4-2)9-18-13-6-5-11(8-15)7-12(13)14(16)17/h5-7,10,15H,3-4,8-9H2,1-2H3. The number of hydrogen-bond acceptors (Lipinski definition) is 4. The second-order valence-electron chi connectivity index (χ2n) is 4.21. The minimum atomic E-state index is -0.485. The van der Waals surface area contributed by atoms with Gasteiger partial charge in [0.25, 0.3) is 0 Å². The number of aliphatic hydroxyl groups is 1. The number of rotatable bonds is 7. The summed E-state index contributed by atoms with van der Waals surface area (Å²) in [5.41, 5.74) is 0.420. The third kappa shape index (κ3) is 3.70. The first-order valence-electron chi connectivity index (χ1n) is 6.13. The third-order valence-corrected chi connectivity index (χ3v) is 3.03. The lowest BCUT2D eigenvalue weighted by molar-refractivity contribution is -0.386. The van der Waals surface area contributed by atoms with Crippen molar-refractivity contribution < 1.29 is 14.8 Å². The highest BCUT2D eigenvalue weighted by molar-refractivity contribution is 5.48. The first-order valence-corrected chi connectivity index (χ1v) is 6.13. The zero-order chi connectivity index (χ0) is 13.5. The fourth-order valence-electron chi connectivity index (χ4n) is 1.66. The van der Waals surface area contributed by atoms with Crippen LogP contribution in [0, 0.1) is 16.0 Å². The molecule has 0 fully saturated rings. The van der Waals surface area contributed by atoms with Crippen LogP contribution >= 0.6 is 0 Å². The Labute approximate surface area is 107 Å². The summed E-state index contributed by atoms with van der Waals surface area (Å²) in [7, 11) is 0. The molecule has 0 amide bonds. The van der Waals surface area contributed by atoms with Crippen molar-refractivity contribution in [3.63, 3.8) is 0 Å². The van der Waals surface area contributed by atoms with Gasteiger partial charge in [-0.25, -0.2) is 0 Å². The summed E-state index contributed by atoms with van der Waals surface area (Å²) < 4.78 is 5.52. The Morgan fingerprint density at radius 1 is 1.39 bits per heavy atom. The molecule has 5 heteroatoms. The van der Waals surface area contributed by atoms with Crippen LogP contribution in [-0.2, 0) is 6.61 Å². The fraction of sp³-hybridized carbons (Fsp3) is 0.538. The van der Waals surface area contributed by atoms with Crippen LogP contribution < -0.4 is 4.74 Å². The molecular weight excluding hydrogens is 234 g/mol.